The molecular formula is C21H18ClF3N2O3. The molecule has 0 radical (unpaired) electrons. The highest BCUT2D eigenvalue weighted by atomic mass is 35.5. The van der Waals surface area contributed by atoms with Crippen molar-refractivity contribution in [3.8, 4) is 5.75 Å². The summed E-state index contributed by atoms with van der Waals surface area (Å²) >= 11 is 6.03. The van der Waals surface area contributed by atoms with Gasteiger partial charge in [-0.2, -0.15) is 13.2 Å². The topological polar surface area (TPSA) is 49.9 Å². The number of rotatable bonds is 5. The fourth-order valence-corrected chi connectivity index (χ4v) is 3.54. The van der Waals surface area contributed by atoms with Gasteiger partial charge >= 0.3 is 6.18 Å². The van der Waals surface area contributed by atoms with Crippen LogP contribution in [-0.4, -0.2) is 35.9 Å². The molecule has 2 aromatic rings. The quantitative estimate of drug-likeness (QED) is 0.700. The van der Waals surface area contributed by atoms with E-state index in [-0.39, 0.29) is 37.6 Å². The highest BCUT2D eigenvalue weighted by Crippen LogP contribution is 2.35. The van der Waals surface area contributed by atoms with Crippen LogP contribution in [0.1, 0.15) is 24.0 Å². The standard InChI is InChI=1S/C21H18ClF3N2O3/c22-15-5-8-18-17(9-15)27(20(29)12-30-18)11-19(28)26(16-6-7-16)10-13-1-3-14(4-2-13)21(23,24)25/h1-5,8-9,16H,6-7,10-12H2. The summed E-state index contributed by atoms with van der Waals surface area (Å²) in [4.78, 5) is 28.4. The van der Waals surface area contributed by atoms with Crippen LogP contribution in [-0.2, 0) is 22.3 Å². The number of halogens is 4. The molecule has 0 unspecified atom stereocenters. The van der Waals surface area contributed by atoms with Crippen molar-refractivity contribution in [3.63, 3.8) is 0 Å². The third-order valence-electron chi connectivity index (χ3n) is 5.10. The van der Waals surface area contributed by atoms with Gasteiger partial charge in [0.1, 0.15) is 12.3 Å². The Labute approximate surface area is 176 Å². The van der Waals surface area contributed by atoms with Gasteiger partial charge in [-0.25, -0.2) is 0 Å². The van der Waals surface area contributed by atoms with E-state index in [1.165, 1.54) is 17.0 Å². The Hall–Kier alpha value is -2.74. The van der Waals surface area contributed by atoms with Crippen molar-refractivity contribution in [1.29, 1.82) is 0 Å². The van der Waals surface area contributed by atoms with Gasteiger partial charge in [-0.1, -0.05) is 23.7 Å². The lowest BCUT2D eigenvalue weighted by atomic mass is 10.1. The molecule has 0 atom stereocenters. The summed E-state index contributed by atoms with van der Waals surface area (Å²) in [6.07, 6.45) is -2.76. The minimum absolute atomic E-state index is 0.0229. The molecular weight excluding hydrogens is 421 g/mol. The van der Waals surface area contributed by atoms with Crippen molar-refractivity contribution < 1.29 is 27.5 Å². The van der Waals surface area contributed by atoms with Crippen molar-refractivity contribution in [1.82, 2.24) is 4.90 Å². The molecule has 30 heavy (non-hydrogen) atoms. The molecule has 4 rings (SSSR count). The first kappa shape index (κ1) is 20.5. The van der Waals surface area contributed by atoms with Gasteiger partial charge in [-0.3, -0.25) is 14.5 Å². The van der Waals surface area contributed by atoms with Crippen LogP contribution in [0.25, 0.3) is 0 Å². The van der Waals surface area contributed by atoms with Gasteiger partial charge in [-0.15, -0.1) is 0 Å². The summed E-state index contributed by atoms with van der Waals surface area (Å²) < 4.78 is 43.7. The van der Waals surface area contributed by atoms with E-state index in [2.05, 4.69) is 0 Å². The van der Waals surface area contributed by atoms with E-state index >= 15 is 0 Å². The van der Waals surface area contributed by atoms with E-state index < -0.39 is 11.7 Å². The number of amides is 2. The molecule has 1 saturated carbocycles. The third-order valence-corrected chi connectivity index (χ3v) is 5.33. The van der Waals surface area contributed by atoms with Crippen LogP contribution in [0, 0.1) is 0 Å². The van der Waals surface area contributed by atoms with Crippen molar-refractivity contribution in [2.75, 3.05) is 18.1 Å². The second kappa shape index (κ2) is 7.83. The molecule has 2 aromatic carbocycles. The number of hydrogen-bond donors (Lipinski definition) is 0. The zero-order valence-corrected chi connectivity index (χ0v) is 16.5. The first-order chi connectivity index (χ1) is 14.2. The Bertz CT molecular complexity index is 974. The van der Waals surface area contributed by atoms with Crippen LogP contribution < -0.4 is 9.64 Å². The molecule has 2 aliphatic rings. The molecule has 5 nitrogen and oxygen atoms in total. The molecule has 1 heterocycles. The Morgan fingerprint density at radius 2 is 1.87 bits per heavy atom. The lowest BCUT2D eigenvalue weighted by Gasteiger charge is -2.31. The van der Waals surface area contributed by atoms with Crippen LogP contribution >= 0.6 is 11.6 Å². The Morgan fingerprint density at radius 3 is 2.50 bits per heavy atom. The number of carbonyl (C=O) groups excluding carboxylic acids is 2. The van der Waals surface area contributed by atoms with E-state index in [4.69, 9.17) is 16.3 Å². The summed E-state index contributed by atoms with van der Waals surface area (Å²) in [5.74, 6) is -0.172. The number of carbonyl (C=O) groups is 2. The monoisotopic (exact) mass is 438 g/mol. The Morgan fingerprint density at radius 1 is 1.17 bits per heavy atom. The Kier molecular flexibility index (Phi) is 5.36. The Balaban J connectivity index is 1.51. The fraction of sp³-hybridized carbons (Fsp3) is 0.333. The van der Waals surface area contributed by atoms with Gasteiger partial charge in [-0.05, 0) is 48.7 Å². The van der Waals surface area contributed by atoms with Crippen molar-refractivity contribution in [2.45, 2.75) is 31.6 Å². The van der Waals surface area contributed by atoms with Crippen LogP contribution in [0.3, 0.4) is 0 Å². The predicted octanol–water partition coefficient (Wildman–Crippen LogP) is 4.28. The van der Waals surface area contributed by atoms with E-state index in [9.17, 15) is 22.8 Å². The lowest BCUT2D eigenvalue weighted by Crippen LogP contribution is -2.46. The fourth-order valence-electron chi connectivity index (χ4n) is 3.38. The second-order valence-electron chi connectivity index (χ2n) is 7.33. The number of hydrogen-bond acceptors (Lipinski definition) is 3. The number of ether oxygens (including phenoxy) is 1. The molecule has 0 saturated heterocycles. The van der Waals surface area contributed by atoms with Gasteiger partial charge in [0, 0.05) is 17.6 Å². The SMILES string of the molecule is O=C1COc2ccc(Cl)cc2N1CC(=O)N(Cc1ccc(C(F)(F)F)cc1)C1CC1. The van der Waals surface area contributed by atoms with Crippen LogP contribution in [0.4, 0.5) is 18.9 Å². The number of anilines is 1. The number of alkyl halides is 3. The van der Waals surface area contributed by atoms with Crippen molar-refractivity contribution in [2.24, 2.45) is 0 Å². The maximum absolute atomic E-state index is 13.0. The molecule has 1 aliphatic heterocycles. The molecule has 1 aliphatic carbocycles. The van der Waals surface area contributed by atoms with Gasteiger partial charge in [0.05, 0.1) is 11.3 Å². The molecule has 2 amide bonds. The smallest absolute Gasteiger partial charge is 0.416 e. The maximum atomic E-state index is 13.0. The van der Waals surface area contributed by atoms with Gasteiger partial charge in [0.2, 0.25) is 5.91 Å². The highest BCUT2D eigenvalue weighted by molar-refractivity contribution is 6.31. The summed E-state index contributed by atoms with van der Waals surface area (Å²) in [7, 11) is 0. The average molecular weight is 439 g/mol. The van der Waals surface area contributed by atoms with Gasteiger partial charge < -0.3 is 9.64 Å². The first-order valence-corrected chi connectivity index (χ1v) is 9.78. The van der Waals surface area contributed by atoms with E-state index in [0.717, 1.165) is 25.0 Å². The van der Waals surface area contributed by atoms with E-state index in [1.807, 2.05) is 0 Å². The molecule has 0 bridgehead atoms. The molecule has 0 aromatic heterocycles. The number of benzene rings is 2. The largest absolute Gasteiger partial charge is 0.482 e. The van der Waals surface area contributed by atoms with E-state index in [1.54, 1.807) is 23.1 Å². The van der Waals surface area contributed by atoms with E-state index in [0.29, 0.717) is 22.0 Å². The van der Waals surface area contributed by atoms with Crippen molar-refractivity contribution >= 4 is 29.1 Å². The number of fused-ring (bicyclic) bond motifs is 1. The molecule has 0 N–H and O–H groups in total. The highest BCUT2D eigenvalue weighted by Gasteiger charge is 2.36. The molecule has 1 fully saturated rings. The molecule has 0 spiro atoms. The predicted molar refractivity (Wildman–Crippen MR) is 104 cm³/mol. The summed E-state index contributed by atoms with van der Waals surface area (Å²) in [6.45, 7) is -0.181. The average Bonchev–Trinajstić information content (AvgIpc) is 3.53. The summed E-state index contributed by atoms with van der Waals surface area (Å²) in [6, 6.07) is 9.64. The van der Waals surface area contributed by atoms with Crippen LogP contribution in [0.15, 0.2) is 42.5 Å². The first-order valence-electron chi connectivity index (χ1n) is 9.41. The van der Waals surface area contributed by atoms with Crippen LogP contribution in [0.5, 0.6) is 5.75 Å². The summed E-state index contributed by atoms with van der Waals surface area (Å²) in [5.41, 5.74) is 0.292. The van der Waals surface area contributed by atoms with Gasteiger partial charge in [0.15, 0.2) is 6.61 Å². The van der Waals surface area contributed by atoms with Gasteiger partial charge in [0.25, 0.3) is 5.91 Å². The third kappa shape index (κ3) is 4.38. The zero-order chi connectivity index (χ0) is 21.5. The lowest BCUT2D eigenvalue weighted by molar-refractivity contribution is -0.137. The van der Waals surface area contributed by atoms with Crippen molar-refractivity contribution in [3.05, 3.63) is 58.6 Å². The summed E-state index contributed by atoms with van der Waals surface area (Å²) in [5, 5.41) is 0.410. The minimum atomic E-state index is -4.41. The number of nitrogens with zero attached hydrogens (tertiary/aromatic N) is 2. The molecule has 9 heteroatoms. The normalized spacial score (nSPS) is 16.1. The second-order valence-corrected chi connectivity index (χ2v) is 7.76. The minimum Gasteiger partial charge on any atom is -0.482 e. The zero-order valence-electron chi connectivity index (χ0n) is 15.8. The van der Waals surface area contributed by atoms with Crippen LogP contribution in [0.2, 0.25) is 5.02 Å². The molecule has 158 valence electrons. The maximum Gasteiger partial charge on any atom is 0.416 e.